The van der Waals surface area contributed by atoms with Gasteiger partial charge in [-0.1, -0.05) is 35.9 Å². The molecule has 0 spiro atoms. The van der Waals surface area contributed by atoms with Crippen molar-refractivity contribution in [3.63, 3.8) is 0 Å². The Kier molecular flexibility index (Phi) is 3.95. The number of benzene rings is 2. The minimum absolute atomic E-state index is 0.0829. The standard InChI is InChI=1S/C14H11ClFNO/c15-12-7-4-8-13(16)11(12)9-14(18)17-10-5-2-1-3-6-10/h1-8H,9H2,(H,17,18). The summed E-state index contributed by atoms with van der Waals surface area (Å²) in [5.74, 6) is -0.765. The van der Waals surface area contributed by atoms with Crippen molar-refractivity contribution in [2.24, 2.45) is 0 Å². The van der Waals surface area contributed by atoms with Crippen LogP contribution in [-0.4, -0.2) is 5.91 Å². The fraction of sp³-hybridized carbons (Fsp3) is 0.0714. The average Bonchev–Trinajstić information content (AvgIpc) is 2.35. The molecule has 0 aromatic heterocycles. The lowest BCUT2D eigenvalue weighted by Gasteiger charge is -2.07. The maximum Gasteiger partial charge on any atom is 0.228 e. The fourth-order valence-corrected chi connectivity index (χ4v) is 1.82. The van der Waals surface area contributed by atoms with Crippen molar-refractivity contribution >= 4 is 23.2 Å². The van der Waals surface area contributed by atoms with E-state index in [0.29, 0.717) is 5.69 Å². The van der Waals surface area contributed by atoms with Gasteiger partial charge in [0.2, 0.25) is 5.91 Å². The van der Waals surface area contributed by atoms with Gasteiger partial charge in [-0.05, 0) is 24.3 Å². The highest BCUT2D eigenvalue weighted by Gasteiger charge is 2.11. The number of hydrogen-bond donors (Lipinski definition) is 1. The second-order valence-electron chi connectivity index (χ2n) is 3.79. The van der Waals surface area contributed by atoms with Gasteiger partial charge in [-0.25, -0.2) is 4.39 Å². The largest absolute Gasteiger partial charge is 0.326 e. The predicted octanol–water partition coefficient (Wildman–Crippen LogP) is 3.66. The molecule has 0 aliphatic carbocycles. The molecular weight excluding hydrogens is 253 g/mol. The number of nitrogens with one attached hydrogen (secondary N) is 1. The highest BCUT2D eigenvalue weighted by molar-refractivity contribution is 6.31. The maximum absolute atomic E-state index is 13.5. The van der Waals surface area contributed by atoms with Crippen LogP contribution < -0.4 is 5.32 Å². The highest BCUT2D eigenvalue weighted by Crippen LogP contribution is 2.19. The normalized spacial score (nSPS) is 10.1. The van der Waals surface area contributed by atoms with Crippen LogP contribution >= 0.6 is 11.6 Å². The van der Waals surface area contributed by atoms with E-state index in [0.717, 1.165) is 0 Å². The van der Waals surface area contributed by atoms with Gasteiger partial charge in [0.05, 0.1) is 6.42 Å². The lowest BCUT2D eigenvalue weighted by molar-refractivity contribution is -0.115. The van der Waals surface area contributed by atoms with Gasteiger partial charge in [-0.3, -0.25) is 4.79 Å². The highest BCUT2D eigenvalue weighted by atomic mass is 35.5. The average molecular weight is 264 g/mol. The fourth-order valence-electron chi connectivity index (χ4n) is 1.59. The Labute approximate surface area is 109 Å². The van der Waals surface area contributed by atoms with E-state index in [1.807, 2.05) is 18.2 Å². The molecule has 2 aromatic rings. The SMILES string of the molecule is O=C(Cc1c(F)cccc1Cl)Nc1ccccc1. The van der Waals surface area contributed by atoms with E-state index in [1.54, 1.807) is 18.2 Å². The molecule has 0 bridgehead atoms. The van der Waals surface area contributed by atoms with Crippen LogP contribution in [-0.2, 0) is 11.2 Å². The van der Waals surface area contributed by atoms with Crippen LogP contribution in [0, 0.1) is 5.82 Å². The van der Waals surface area contributed by atoms with Crippen molar-refractivity contribution in [1.82, 2.24) is 0 Å². The molecule has 0 saturated heterocycles. The monoisotopic (exact) mass is 263 g/mol. The van der Waals surface area contributed by atoms with Crippen molar-refractivity contribution in [3.05, 3.63) is 64.9 Å². The van der Waals surface area contributed by atoms with Crippen molar-refractivity contribution < 1.29 is 9.18 Å². The maximum atomic E-state index is 13.5. The molecule has 0 heterocycles. The number of anilines is 1. The molecule has 0 radical (unpaired) electrons. The summed E-state index contributed by atoms with van der Waals surface area (Å²) in [6, 6.07) is 13.4. The Morgan fingerprint density at radius 3 is 2.50 bits per heavy atom. The summed E-state index contributed by atoms with van der Waals surface area (Å²) in [6.07, 6.45) is -0.0829. The van der Waals surface area contributed by atoms with Gasteiger partial charge in [0.25, 0.3) is 0 Å². The first-order chi connectivity index (χ1) is 8.66. The van der Waals surface area contributed by atoms with Crippen LogP contribution in [0.2, 0.25) is 5.02 Å². The minimum Gasteiger partial charge on any atom is -0.326 e. The van der Waals surface area contributed by atoms with Gasteiger partial charge in [-0.15, -0.1) is 0 Å². The third-order valence-corrected chi connectivity index (χ3v) is 2.81. The van der Waals surface area contributed by atoms with Gasteiger partial charge < -0.3 is 5.32 Å². The molecule has 0 aliphatic heterocycles. The van der Waals surface area contributed by atoms with Crippen LogP contribution in [0.3, 0.4) is 0 Å². The molecule has 0 aliphatic rings. The van der Waals surface area contributed by atoms with Crippen molar-refractivity contribution in [3.8, 4) is 0 Å². The second kappa shape index (κ2) is 5.65. The summed E-state index contributed by atoms with van der Waals surface area (Å²) in [6.45, 7) is 0. The Hall–Kier alpha value is -1.87. The smallest absolute Gasteiger partial charge is 0.228 e. The molecule has 2 aromatic carbocycles. The molecule has 1 N–H and O–H groups in total. The number of rotatable bonds is 3. The zero-order valence-corrected chi connectivity index (χ0v) is 10.2. The van der Waals surface area contributed by atoms with E-state index in [2.05, 4.69) is 5.32 Å². The molecule has 1 amide bonds. The number of carbonyl (C=O) groups excluding carboxylic acids is 1. The summed E-state index contributed by atoms with van der Waals surface area (Å²) in [7, 11) is 0. The third kappa shape index (κ3) is 3.08. The summed E-state index contributed by atoms with van der Waals surface area (Å²) in [5, 5.41) is 2.94. The number of amides is 1. The summed E-state index contributed by atoms with van der Waals surface area (Å²) in [5.41, 5.74) is 0.891. The van der Waals surface area contributed by atoms with Crippen molar-refractivity contribution in [2.75, 3.05) is 5.32 Å². The Bertz CT molecular complexity index is 537. The van der Waals surface area contributed by atoms with Crippen LogP contribution in [0.15, 0.2) is 48.5 Å². The van der Waals surface area contributed by atoms with Gasteiger partial charge in [0, 0.05) is 16.3 Å². The van der Waals surface area contributed by atoms with Gasteiger partial charge in [-0.2, -0.15) is 0 Å². The summed E-state index contributed by atoms with van der Waals surface area (Å²) >= 11 is 5.86. The quantitative estimate of drug-likeness (QED) is 0.900. The molecule has 18 heavy (non-hydrogen) atoms. The number of carbonyl (C=O) groups is 1. The van der Waals surface area contributed by atoms with E-state index < -0.39 is 5.82 Å². The number of halogens is 2. The Morgan fingerprint density at radius 1 is 1.11 bits per heavy atom. The van der Waals surface area contributed by atoms with Crippen molar-refractivity contribution in [2.45, 2.75) is 6.42 Å². The Balaban J connectivity index is 2.08. The topological polar surface area (TPSA) is 29.1 Å². The molecule has 0 fully saturated rings. The predicted molar refractivity (Wildman–Crippen MR) is 70.2 cm³/mol. The van der Waals surface area contributed by atoms with Crippen LogP contribution in [0.25, 0.3) is 0 Å². The van der Waals surface area contributed by atoms with E-state index in [1.165, 1.54) is 12.1 Å². The van der Waals surface area contributed by atoms with Crippen LogP contribution in [0.5, 0.6) is 0 Å². The molecule has 0 unspecified atom stereocenters. The summed E-state index contributed by atoms with van der Waals surface area (Å²) in [4.78, 5) is 11.7. The van der Waals surface area contributed by atoms with E-state index in [9.17, 15) is 9.18 Å². The lowest BCUT2D eigenvalue weighted by Crippen LogP contribution is -2.15. The molecule has 2 nitrogen and oxygen atoms in total. The molecule has 0 atom stereocenters. The minimum atomic E-state index is -0.467. The number of para-hydroxylation sites is 1. The van der Waals surface area contributed by atoms with Crippen molar-refractivity contribution in [1.29, 1.82) is 0 Å². The lowest BCUT2D eigenvalue weighted by atomic mass is 10.1. The second-order valence-corrected chi connectivity index (χ2v) is 4.20. The van der Waals surface area contributed by atoms with E-state index >= 15 is 0 Å². The first-order valence-corrected chi connectivity index (χ1v) is 5.82. The zero-order valence-electron chi connectivity index (χ0n) is 9.49. The molecule has 4 heteroatoms. The zero-order chi connectivity index (χ0) is 13.0. The van der Waals surface area contributed by atoms with Gasteiger partial charge in [0.1, 0.15) is 5.82 Å². The number of hydrogen-bond acceptors (Lipinski definition) is 1. The van der Waals surface area contributed by atoms with Crippen LogP contribution in [0.4, 0.5) is 10.1 Å². The first kappa shape index (κ1) is 12.6. The van der Waals surface area contributed by atoms with E-state index in [4.69, 9.17) is 11.6 Å². The van der Waals surface area contributed by atoms with Gasteiger partial charge >= 0.3 is 0 Å². The molecule has 2 rings (SSSR count). The molecule has 92 valence electrons. The first-order valence-electron chi connectivity index (χ1n) is 5.44. The molecule has 0 saturated carbocycles. The van der Waals surface area contributed by atoms with E-state index in [-0.39, 0.29) is 22.9 Å². The van der Waals surface area contributed by atoms with Crippen LogP contribution in [0.1, 0.15) is 5.56 Å². The molecular formula is C14H11ClFNO. The van der Waals surface area contributed by atoms with Gasteiger partial charge in [0.15, 0.2) is 0 Å². The Morgan fingerprint density at radius 2 is 1.83 bits per heavy atom. The summed E-state index contributed by atoms with van der Waals surface area (Å²) < 4.78 is 13.5. The third-order valence-electron chi connectivity index (χ3n) is 2.46.